The van der Waals surface area contributed by atoms with Crippen molar-refractivity contribution in [1.29, 1.82) is 0 Å². The molecule has 0 spiro atoms. The molecule has 100 valence electrons. The molecule has 1 aliphatic rings. The van der Waals surface area contributed by atoms with E-state index in [9.17, 15) is 5.11 Å². The summed E-state index contributed by atoms with van der Waals surface area (Å²) in [6.07, 6.45) is 6.27. The second-order valence-corrected chi connectivity index (χ2v) is 6.40. The summed E-state index contributed by atoms with van der Waals surface area (Å²) >= 11 is 1.78. The van der Waals surface area contributed by atoms with Crippen LogP contribution in [0, 0.1) is 11.8 Å². The number of rotatable bonds is 5. The van der Waals surface area contributed by atoms with Gasteiger partial charge in [0.15, 0.2) is 0 Å². The Balaban J connectivity index is 1.85. The van der Waals surface area contributed by atoms with Crippen LogP contribution >= 0.6 is 11.8 Å². The van der Waals surface area contributed by atoms with Crippen molar-refractivity contribution in [2.24, 2.45) is 11.8 Å². The van der Waals surface area contributed by atoms with E-state index in [1.807, 2.05) is 6.07 Å². The summed E-state index contributed by atoms with van der Waals surface area (Å²) in [5, 5.41) is 10.4. The Bertz CT molecular complexity index is 338. The molecule has 0 saturated heterocycles. The smallest absolute Gasteiger partial charge is 0.0664 e. The quantitative estimate of drug-likeness (QED) is 0.798. The molecule has 0 aliphatic heterocycles. The number of benzene rings is 1. The average Bonchev–Trinajstić information content (AvgIpc) is 2.45. The van der Waals surface area contributed by atoms with Crippen molar-refractivity contribution in [1.82, 2.24) is 0 Å². The minimum atomic E-state index is -0.138. The van der Waals surface area contributed by atoms with Crippen LogP contribution in [-0.2, 0) is 0 Å². The van der Waals surface area contributed by atoms with Gasteiger partial charge in [0.2, 0.25) is 0 Å². The fourth-order valence-corrected chi connectivity index (χ4v) is 4.03. The second kappa shape index (κ2) is 7.20. The Morgan fingerprint density at radius 2 is 1.94 bits per heavy atom. The maximum Gasteiger partial charge on any atom is 0.0664 e. The molecule has 3 unspecified atom stereocenters. The van der Waals surface area contributed by atoms with E-state index in [4.69, 9.17) is 0 Å². The van der Waals surface area contributed by atoms with Gasteiger partial charge in [-0.15, -0.1) is 11.8 Å². The number of aliphatic hydroxyl groups excluding tert-OH is 1. The fourth-order valence-electron chi connectivity index (χ4n) is 3.07. The zero-order valence-electron chi connectivity index (χ0n) is 11.2. The van der Waals surface area contributed by atoms with Crippen LogP contribution in [0.2, 0.25) is 0 Å². The van der Waals surface area contributed by atoms with Gasteiger partial charge in [0.1, 0.15) is 0 Å². The maximum absolute atomic E-state index is 10.4. The van der Waals surface area contributed by atoms with Crippen molar-refractivity contribution >= 4 is 11.8 Å². The summed E-state index contributed by atoms with van der Waals surface area (Å²) in [4.78, 5) is 1.26. The maximum atomic E-state index is 10.4. The number of thioether (sulfide) groups is 1. The summed E-state index contributed by atoms with van der Waals surface area (Å²) in [7, 11) is 0. The molecule has 1 fully saturated rings. The lowest BCUT2D eigenvalue weighted by Crippen LogP contribution is -2.32. The SMILES string of the molecule is CCC1CCCCC1C(O)CSc1ccccc1. The molecule has 0 aromatic heterocycles. The van der Waals surface area contributed by atoms with E-state index in [0.717, 1.165) is 11.7 Å². The minimum absolute atomic E-state index is 0.138. The minimum Gasteiger partial charge on any atom is -0.392 e. The molecule has 1 nitrogen and oxygen atoms in total. The highest BCUT2D eigenvalue weighted by Gasteiger charge is 2.29. The molecule has 0 radical (unpaired) electrons. The van der Waals surface area contributed by atoms with Crippen LogP contribution in [0.4, 0.5) is 0 Å². The third-order valence-corrected chi connectivity index (χ3v) is 5.26. The first-order valence-electron chi connectivity index (χ1n) is 7.17. The van der Waals surface area contributed by atoms with E-state index in [2.05, 4.69) is 31.2 Å². The van der Waals surface area contributed by atoms with Gasteiger partial charge in [-0.25, -0.2) is 0 Å². The van der Waals surface area contributed by atoms with Crippen molar-refractivity contribution in [3.63, 3.8) is 0 Å². The van der Waals surface area contributed by atoms with Gasteiger partial charge in [0, 0.05) is 10.6 Å². The molecule has 18 heavy (non-hydrogen) atoms. The highest BCUT2D eigenvalue weighted by atomic mass is 32.2. The number of hydrogen-bond donors (Lipinski definition) is 1. The van der Waals surface area contributed by atoms with Crippen LogP contribution in [0.3, 0.4) is 0 Å². The highest BCUT2D eigenvalue weighted by molar-refractivity contribution is 7.99. The fraction of sp³-hybridized carbons (Fsp3) is 0.625. The lowest BCUT2D eigenvalue weighted by Gasteiger charge is -2.34. The Morgan fingerprint density at radius 1 is 1.22 bits per heavy atom. The van der Waals surface area contributed by atoms with E-state index >= 15 is 0 Å². The second-order valence-electron chi connectivity index (χ2n) is 5.31. The van der Waals surface area contributed by atoms with Crippen molar-refractivity contribution in [3.05, 3.63) is 30.3 Å². The Labute approximate surface area is 115 Å². The van der Waals surface area contributed by atoms with Gasteiger partial charge in [-0.1, -0.05) is 50.8 Å². The van der Waals surface area contributed by atoms with Crippen LogP contribution in [0.25, 0.3) is 0 Å². The number of hydrogen-bond acceptors (Lipinski definition) is 2. The Hall–Kier alpha value is -0.470. The van der Waals surface area contributed by atoms with Crippen LogP contribution in [0.1, 0.15) is 39.0 Å². The molecule has 0 amide bonds. The number of aliphatic hydroxyl groups is 1. The molecule has 1 aromatic rings. The first kappa shape index (κ1) is 14.0. The van der Waals surface area contributed by atoms with Crippen molar-refractivity contribution in [3.8, 4) is 0 Å². The van der Waals surface area contributed by atoms with Crippen LogP contribution < -0.4 is 0 Å². The molecule has 3 atom stereocenters. The summed E-state index contributed by atoms with van der Waals surface area (Å²) in [6.45, 7) is 2.26. The van der Waals surface area contributed by atoms with Crippen molar-refractivity contribution in [2.75, 3.05) is 5.75 Å². The van der Waals surface area contributed by atoms with E-state index in [1.54, 1.807) is 11.8 Å². The van der Waals surface area contributed by atoms with Gasteiger partial charge >= 0.3 is 0 Å². The third kappa shape index (κ3) is 3.76. The molecular weight excluding hydrogens is 240 g/mol. The molecular formula is C16H24OS. The lowest BCUT2D eigenvalue weighted by atomic mass is 9.75. The lowest BCUT2D eigenvalue weighted by molar-refractivity contribution is 0.0629. The monoisotopic (exact) mass is 264 g/mol. The Kier molecular flexibility index (Phi) is 5.58. The largest absolute Gasteiger partial charge is 0.392 e. The van der Waals surface area contributed by atoms with Gasteiger partial charge in [0.05, 0.1) is 6.10 Å². The molecule has 0 bridgehead atoms. The normalized spacial score (nSPS) is 25.9. The summed E-state index contributed by atoms with van der Waals surface area (Å²) < 4.78 is 0. The van der Waals surface area contributed by atoms with Crippen molar-refractivity contribution in [2.45, 2.75) is 50.0 Å². The molecule has 2 heteroatoms. The average molecular weight is 264 g/mol. The third-order valence-electron chi connectivity index (χ3n) is 4.15. The molecule has 1 aliphatic carbocycles. The van der Waals surface area contributed by atoms with Gasteiger partial charge in [-0.05, 0) is 30.4 Å². The van der Waals surface area contributed by atoms with E-state index in [1.165, 1.54) is 37.0 Å². The molecule has 1 saturated carbocycles. The van der Waals surface area contributed by atoms with E-state index < -0.39 is 0 Å². The first-order valence-corrected chi connectivity index (χ1v) is 8.15. The first-order chi connectivity index (χ1) is 8.81. The van der Waals surface area contributed by atoms with Gasteiger partial charge in [-0.2, -0.15) is 0 Å². The predicted octanol–water partition coefficient (Wildman–Crippen LogP) is 4.36. The predicted molar refractivity (Wildman–Crippen MR) is 78.9 cm³/mol. The summed E-state index contributed by atoms with van der Waals surface area (Å²) in [5.41, 5.74) is 0. The highest BCUT2D eigenvalue weighted by Crippen LogP contribution is 2.36. The Morgan fingerprint density at radius 3 is 2.67 bits per heavy atom. The summed E-state index contributed by atoms with van der Waals surface area (Å²) in [6, 6.07) is 10.4. The van der Waals surface area contributed by atoms with E-state index in [0.29, 0.717) is 5.92 Å². The van der Waals surface area contributed by atoms with Crippen LogP contribution in [0.15, 0.2) is 35.2 Å². The standard InChI is InChI=1S/C16H24OS/c1-2-13-8-6-7-11-15(13)16(17)12-18-14-9-4-3-5-10-14/h3-5,9-10,13,15-17H,2,6-8,11-12H2,1H3. The summed E-state index contributed by atoms with van der Waals surface area (Å²) in [5.74, 6) is 2.11. The zero-order chi connectivity index (χ0) is 12.8. The molecule has 1 aromatic carbocycles. The van der Waals surface area contributed by atoms with Gasteiger partial charge in [-0.3, -0.25) is 0 Å². The van der Waals surface area contributed by atoms with Crippen molar-refractivity contribution < 1.29 is 5.11 Å². The molecule has 0 heterocycles. The topological polar surface area (TPSA) is 20.2 Å². The van der Waals surface area contributed by atoms with Crippen LogP contribution in [0.5, 0.6) is 0 Å². The van der Waals surface area contributed by atoms with E-state index in [-0.39, 0.29) is 6.10 Å². The molecule has 2 rings (SSSR count). The van der Waals surface area contributed by atoms with Crippen LogP contribution in [-0.4, -0.2) is 17.0 Å². The molecule has 1 N–H and O–H groups in total. The zero-order valence-corrected chi connectivity index (χ0v) is 12.0. The van der Waals surface area contributed by atoms with Gasteiger partial charge < -0.3 is 5.11 Å². The van der Waals surface area contributed by atoms with Gasteiger partial charge in [0.25, 0.3) is 0 Å².